The van der Waals surface area contributed by atoms with Gasteiger partial charge in [-0.05, 0) is 48.5 Å². The Kier molecular flexibility index (Phi) is 4.78. The number of aliphatic carboxylic acids is 1. The molecular weight excluding hydrogens is 190 g/mol. The second-order valence-corrected chi connectivity index (χ2v) is 5.17. The van der Waals surface area contributed by atoms with Crippen molar-refractivity contribution in [2.24, 2.45) is 0 Å². The van der Waals surface area contributed by atoms with Crippen LogP contribution in [-0.4, -0.2) is 34.6 Å². The van der Waals surface area contributed by atoms with Crippen LogP contribution in [0.3, 0.4) is 0 Å². The van der Waals surface area contributed by atoms with Crippen LogP contribution in [0.5, 0.6) is 0 Å². The van der Waals surface area contributed by atoms with Crippen LogP contribution in [0, 0.1) is 0 Å². The zero-order valence-electron chi connectivity index (χ0n) is 11.1. The van der Waals surface area contributed by atoms with Crippen molar-refractivity contribution in [1.82, 2.24) is 0 Å². The third kappa shape index (κ3) is 2.33. The van der Waals surface area contributed by atoms with Crippen molar-refractivity contribution < 1.29 is 14.4 Å². The number of carbonyl (C=O) groups is 1. The Balaban J connectivity index is 5.42. The van der Waals surface area contributed by atoms with Crippen molar-refractivity contribution >= 4 is 5.97 Å². The number of nitrogens with zero attached hydrogens (tertiary/aromatic N) is 1. The van der Waals surface area contributed by atoms with Crippen LogP contribution >= 0.6 is 0 Å². The molecule has 0 aromatic carbocycles. The monoisotopic (exact) mass is 215 g/mol. The fourth-order valence-corrected chi connectivity index (χ4v) is 3.31. The van der Waals surface area contributed by atoms with Gasteiger partial charge in [0, 0.05) is 0 Å². The van der Waals surface area contributed by atoms with E-state index >= 15 is 0 Å². The SMILES string of the molecule is CC(C)[N+](C(C)C)(C(C)C)C(C)C(=O)[O-]. The molecule has 0 aliphatic rings. The minimum absolute atomic E-state index is 0.276. The highest BCUT2D eigenvalue weighted by atomic mass is 16.4. The number of carbonyl (C=O) groups excluding carboxylic acids is 1. The lowest BCUT2D eigenvalue weighted by Crippen LogP contribution is -2.70. The summed E-state index contributed by atoms with van der Waals surface area (Å²) in [5, 5.41) is 11.1. The summed E-state index contributed by atoms with van der Waals surface area (Å²) in [6.07, 6.45) is 0. The molecule has 0 saturated carbocycles. The minimum Gasteiger partial charge on any atom is -0.544 e. The van der Waals surface area contributed by atoms with Crippen molar-refractivity contribution in [3.63, 3.8) is 0 Å². The van der Waals surface area contributed by atoms with E-state index in [0.29, 0.717) is 4.48 Å². The molecule has 0 fully saturated rings. The van der Waals surface area contributed by atoms with E-state index in [-0.39, 0.29) is 18.1 Å². The Labute approximate surface area is 93.7 Å². The smallest absolute Gasteiger partial charge is 0.127 e. The van der Waals surface area contributed by atoms with Crippen molar-refractivity contribution in [3.05, 3.63) is 0 Å². The van der Waals surface area contributed by atoms with Crippen LogP contribution in [0.15, 0.2) is 0 Å². The summed E-state index contributed by atoms with van der Waals surface area (Å²) >= 11 is 0. The number of carboxylic acids is 1. The molecule has 0 bridgehead atoms. The average Bonchev–Trinajstić information content (AvgIpc) is 2.02. The second-order valence-electron chi connectivity index (χ2n) is 5.17. The molecule has 90 valence electrons. The molecule has 0 radical (unpaired) electrons. The molecule has 0 heterocycles. The van der Waals surface area contributed by atoms with Gasteiger partial charge < -0.3 is 14.4 Å². The van der Waals surface area contributed by atoms with E-state index in [4.69, 9.17) is 0 Å². The average molecular weight is 215 g/mol. The quantitative estimate of drug-likeness (QED) is 0.646. The van der Waals surface area contributed by atoms with Crippen LogP contribution in [-0.2, 0) is 4.79 Å². The number of quaternary nitrogens is 1. The summed E-state index contributed by atoms with van der Waals surface area (Å²) in [5.74, 6) is -0.953. The van der Waals surface area contributed by atoms with E-state index in [1.165, 1.54) is 0 Å². The van der Waals surface area contributed by atoms with E-state index in [1.54, 1.807) is 6.92 Å². The fourth-order valence-electron chi connectivity index (χ4n) is 3.31. The first kappa shape index (κ1) is 14.4. The van der Waals surface area contributed by atoms with E-state index in [1.807, 2.05) is 0 Å². The van der Waals surface area contributed by atoms with Crippen molar-refractivity contribution in [2.45, 2.75) is 72.6 Å². The number of carboxylic acid groups (broad SMARTS) is 1. The third-order valence-corrected chi connectivity index (χ3v) is 3.70. The molecule has 3 nitrogen and oxygen atoms in total. The van der Waals surface area contributed by atoms with Gasteiger partial charge in [0.1, 0.15) is 6.04 Å². The number of hydrogen-bond acceptors (Lipinski definition) is 2. The highest BCUT2D eigenvalue weighted by molar-refractivity contribution is 5.69. The lowest BCUT2D eigenvalue weighted by molar-refractivity contribution is -0.998. The molecule has 0 amide bonds. The van der Waals surface area contributed by atoms with Gasteiger partial charge in [-0.3, -0.25) is 0 Å². The predicted octanol–water partition coefficient (Wildman–Crippen LogP) is 1.17. The Morgan fingerprint density at radius 1 is 0.867 bits per heavy atom. The lowest BCUT2D eigenvalue weighted by atomic mass is 10.0. The fraction of sp³-hybridized carbons (Fsp3) is 0.917. The molecule has 0 spiro atoms. The number of rotatable bonds is 5. The molecule has 0 aliphatic heterocycles. The summed E-state index contributed by atoms with van der Waals surface area (Å²) in [5.41, 5.74) is 0. The largest absolute Gasteiger partial charge is 0.544 e. The normalized spacial score (nSPS) is 15.1. The first-order valence-corrected chi connectivity index (χ1v) is 5.77. The van der Waals surface area contributed by atoms with Crippen LogP contribution in [0.2, 0.25) is 0 Å². The standard InChI is InChI=1S/C12H25NO2/c1-8(2)13(9(3)4,10(5)6)11(7)12(14)15/h8-11H,1-7H3. The molecule has 0 saturated heterocycles. The van der Waals surface area contributed by atoms with Crippen LogP contribution in [0.25, 0.3) is 0 Å². The van der Waals surface area contributed by atoms with E-state index in [9.17, 15) is 9.90 Å². The van der Waals surface area contributed by atoms with Gasteiger partial charge in [-0.1, -0.05) is 0 Å². The Morgan fingerprint density at radius 2 is 1.13 bits per heavy atom. The molecule has 15 heavy (non-hydrogen) atoms. The van der Waals surface area contributed by atoms with E-state index in [0.717, 1.165) is 0 Å². The molecule has 0 aliphatic carbocycles. The summed E-state index contributed by atoms with van der Waals surface area (Å²) in [6.45, 7) is 14.3. The molecular formula is C12H25NO2. The highest BCUT2D eigenvalue weighted by Crippen LogP contribution is 2.28. The second kappa shape index (κ2) is 4.97. The van der Waals surface area contributed by atoms with Crippen LogP contribution in [0.1, 0.15) is 48.5 Å². The minimum atomic E-state index is -0.953. The molecule has 0 aromatic heterocycles. The van der Waals surface area contributed by atoms with Crippen molar-refractivity contribution in [2.75, 3.05) is 0 Å². The van der Waals surface area contributed by atoms with Gasteiger partial charge in [-0.25, -0.2) is 0 Å². The zero-order chi connectivity index (χ0) is 12.4. The Bertz CT molecular complexity index is 200. The maximum atomic E-state index is 11.1. The van der Waals surface area contributed by atoms with Gasteiger partial charge in [0.25, 0.3) is 0 Å². The predicted molar refractivity (Wildman–Crippen MR) is 60.1 cm³/mol. The molecule has 0 aromatic rings. The lowest BCUT2D eigenvalue weighted by Gasteiger charge is -2.53. The zero-order valence-corrected chi connectivity index (χ0v) is 11.1. The number of hydrogen-bond donors (Lipinski definition) is 0. The van der Waals surface area contributed by atoms with Gasteiger partial charge in [0.2, 0.25) is 0 Å². The first-order valence-electron chi connectivity index (χ1n) is 5.77. The topological polar surface area (TPSA) is 40.1 Å². The van der Waals surface area contributed by atoms with Crippen LogP contribution in [0.4, 0.5) is 0 Å². The molecule has 1 unspecified atom stereocenters. The maximum Gasteiger partial charge on any atom is 0.127 e. The van der Waals surface area contributed by atoms with E-state index < -0.39 is 12.0 Å². The molecule has 3 heteroatoms. The van der Waals surface area contributed by atoms with Crippen molar-refractivity contribution in [1.29, 1.82) is 0 Å². The Morgan fingerprint density at radius 3 is 1.20 bits per heavy atom. The summed E-state index contributed by atoms with van der Waals surface area (Å²) < 4.78 is 0.572. The van der Waals surface area contributed by atoms with Gasteiger partial charge in [-0.2, -0.15) is 0 Å². The maximum absolute atomic E-state index is 11.1. The first-order chi connectivity index (χ1) is 6.68. The molecule has 0 rings (SSSR count). The molecule has 1 atom stereocenters. The van der Waals surface area contributed by atoms with Crippen LogP contribution < -0.4 is 5.11 Å². The van der Waals surface area contributed by atoms with Crippen molar-refractivity contribution in [3.8, 4) is 0 Å². The van der Waals surface area contributed by atoms with Gasteiger partial charge in [0.05, 0.1) is 24.1 Å². The Hall–Kier alpha value is -0.570. The summed E-state index contributed by atoms with van der Waals surface area (Å²) in [7, 11) is 0. The van der Waals surface area contributed by atoms with Gasteiger partial charge in [-0.15, -0.1) is 0 Å². The molecule has 0 N–H and O–H groups in total. The third-order valence-electron chi connectivity index (χ3n) is 3.70. The van der Waals surface area contributed by atoms with Gasteiger partial charge in [0.15, 0.2) is 0 Å². The van der Waals surface area contributed by atoms with E-state index in [2.05, 4.69) is 41.5 Å². The summed E-state index contributed by atoms with van der Waals surface area (Å²) in [4.78, 5) is 11.1. The highest BCUT2D eigenvalue weighted by Gasteiger charge is 2.43. The summed E-state index contributed by atoms with van der Waals surface area (Å²) in [6, 6.07) is 0.360. The van der Waals surface area contributed by atoms with Gasteiger partial charge >= 0.3 is 0 Å².